The van der Waals surface area contributed by atoms with Crippen LogP contribution in [0.3, 0.4) is 0 Å². The first-order valence-corrected chi connectivity index (χ1v) is 7.23. The molecule has 4 rings (SSSR count). The second-order valence-electron chi connectivity index (χ2n) is 5.47. The van der Waals surface area contributed by atoms with Gasteiger partial charge in [0.25, 0.3) is 0 Å². The SMILES string of the molecule is [C-]#[N+]c1ccc2c3cc(-c4ccccc4)ccc3n(C)c2c1. The van der Waals surface area contributed by atoms with Crippen molar-refractivity contribution in [3.8, 4) is 11.1 Å². The lowest BCUT2D eigenvalue weighted by Crippen LogP contribution is -1.86. The molecule has 0 spiro atoms. The molecular formula is C20H14N2. The maximum atomic E-state index is 7.19. The highest BCUT2D eigenvalue weighted by atomic mass is 14.9. The predicted octanol–water partition coefficient (Wildman–Crippen LogP) is 5.55. The third kappa shape index (κ3) is 1.80. The van der Waals surface area contributed by atoms with Crippen LogP contribution in [0.1, 0.15) is 0 Å². The third-order valence-electron chi connectivity index (χ3n) is 4.23. The molecule has 0 bridgehead atoms. The van der Waals surface area contributed by atoms with Gasteiger partial charge in [0.15, 0.2) is 5.69 Å². The largest absolute Gasteiger partial charge is 0.345 e. The number of nitrogens with zero attached hydrogens (tertiary/aromatic N) is 2. The van der Waals surface area contributed by atoms with Gasteiger partial charge in [-0.05, 0) is 29.3 Å². The Morgan fingerprint density at radius 3 is 2.36 bits per heavy atom. The van der Waals surface area contributed by atoms with E-state index in [9.17, 15) is 0 Å². The molecule has 2 nitrogen and oxygen atoms in total. The van der Waals surface area contributed by atoms with Crippen LogP contribution in [-0.4, -0.2) is 4.57 Å². The number of rotatable bonds is 1. The molecule has 0 aliphatic carbocycles. The topological polar surface area (TPSA) is 9.29 Å². The van der Waals surface area contributed by atoms with Crippen molar-refractivity contribution in [2.75, 3.05) is 0 Å². The average molecular weight is 282 g/mol. The van der Waals surface area contributed by atoms with E-state index in [1.807, 2.05) is 18.2 Å². The summed E-state index contributed by atoms with van der Waals surface area (Å²) in [6, 6.07) is 22.9. The highest BCUT2D eigenvalue weighted by Crippen LogP contribution is 2.33. The molecule has 0 saturated carbocycles. The normalized spacial score (nSPS) is 10.9. The van der Waals surface area contributed by atoms with Crippen LogP contribution < -0.4 is 0 Å². The first-order valence-electron chi connectivity index (χ1n) is 7.23. The van der Waals surface area contributed by atoms with Gasteiger partial charge in [-0.3, -0.25) is 0 Å². The lowest BCUT2D eigenvalue weighted by Gasteiger charge is -2.02. The summed E-state index contributed by atoms with van der Waals surface area (Å²) < 4.78 is 2.16. The fourth-order valence-electron chi connectivity index (χ4n) is 3.08. The Morgan fingerprint density at radius 1 is 0.773 bits per heavy atom. The van der Waals surface area contributed by atoms with Gasteiger partial charge in [0, 0.05) is 28.9 Å². The second kappa shape index (κ2) is 4.75. The number of aromatic nitrogens is 1. The molecule has 0 aliphatic heterocycles. The second-order valence-corrected chi connectivity index (χ2v) is 5.47. The molecule has 0 atom stereocenters. The highest BCUT2D eigenvalue weighted by Gasteiger charge is 2.10. The van der Waals surface area contributed by atoms with E-state index in [1.54, 1.807) is 0 Å². The summed E-state index contributed by atoms with van der Waals surface area (Å²) in [6.45, 7) is 7.19. The van der Waals surface area contributed by atoms with Crippen LogP contribution in [-0.2, 0) is 7.05 Å². The Balaban J connectivity index is 2.04. The molecule has 1 aromatic heterocycles. The van der Waals surface area contributed by atoms with E-state index in [2.05, 4.69) is 65.0 Å². The number of benzene rings is 3. The number of hydrogen-bond acceptors (Lipinski definition) is 0. The molecule has 104 valence electrons. The van der Waals surface area contributed by atoms with Gasteiger partial charge in [0.1, 0.15) is 0 Å². The first-order chi connectivity index (χ1) is 10.8. The summed E-state index contributed by atoms with van der Waals surface area (Å²) in [4.78, 5) is 3.53. The molecule has 0 fully saturated rings. The summed E-state index contributed by atoms with van der Waals surface area (Å²) in [5, 5.41) is 2.43. The zero-order valence-electron chi connectivity index (χ0n) is 12.2. The summed E-state index contributed by atoms with van der Waals surface area (Å²) >= 11 is 0. The molecule has 22 heavy (non-hydrogen) atoms. The minimum absolute atomic E-state index is 0.682. The molecule has 0 aliphatic rings. The number of fused-ring (bicyclic) bond motifs is 3. The van der Waals surface area contributed by atoms with E-state index >= 15 is 0 Å². The van der Waals surface area contributed by atoms with Gasteiger partial charge in [0.05, 0.1) is 6.57 Å². The van der Waals surface area contributed by atoms with Crippen LogP contribution in [0.2, 0.25) is 0 Å². The van der Waals surface area contributed by atoms with Crippen molar-refractivity contribution in [2.24, 2.45) is 7.05 Å². The molecular weight excluding hydrogens is 268 g/mol. The molecule has 0 unspecified atom stereocenters. The van der Waals surface area contributed by atoms with Gasteiger partial charge in [-0.2, -0.15) is 0 Å². The van der Waals surface area contributed by atoms with Gasteiger partial charge < -0.3 is 4.57 Å². The summed E-state index contributed by atoms with van der Waals surface area (Å²) in [7, 11) is 2.06. The van der Waals surface area contributed by atoms with Crippen LogP contribution in [0.15, 0.2) is 66.7 Å². The van der Waals surface area contributed by atoms with Crippen molar-refractivity contribution in [1.29, 1.82) is 0 Å². The highest BCUT2D eigenvalue weighted by molar-refractivity contribution is 6.10. The molecule has 0 amide bonds. The van der Waals surface area contributed by atoms with Crippen molar-refractivity contribution in [3.63, 3.8) is 0 Å². The van der Waals surface area contributed by atoms with E-state index in [1.165, 1.54) is 27.4 Å². The molecule has 4 aromatic rings. The lowest BCUT2D eigenvalue weighted by molar-refractivity contribution is 1.01. The lowest BCUT2D eigenvalue weighted by atomic mass is 10.0. The van der Waals surface area contributed by atoms with Crippen LogP contribution in [0, 0.1) is 6.57 Å². The maximum Gasteiger partial charge on any atom is 0.189 e. The van der Waals surface area contributed by atoms with E-state index in [0.29, 0.717) is 5.69 Å². The van der Waals surface area contributed by atoms with Crippen LogP contribution in [0.4, 0.5) is 5.69 Å². The zero-order valence-corrected chi connectivity index (χ0v) is 12.2. The van der Waals surface area contributed by atoms with Gasteiger partial charge >= 0.3 is 0 Å². The van der Waals surface area contributed by atoms with E-state index < -0.39 is 0 Å². The Labute approximate surface area is 129 Å². The van der Waals surface area contributed by atoms with Crippen molar-refractivity contribution >= 4 is 27.5 Å². The quantitative estimate of drug-likeness (QED) is 0.405. The average Bonchev–Trinajstić information content (AvgIpc) is 2.87. The van der Waals surface area contributed by atoms with Crippen molar-refractivity contribution < 1.29 is 0 Å². The summed E-state index contributed by atoms with van der Waals surface area (Å²) in [5.74, 6) is 0. The molecule has 0 radical (unpaired) electrons. The Hall–Kier alpha value is -3.05. The predicted molar refractivity (Wildman–Crippen MR) is 92.1 cm³/mol. The Morgan fingerprint density at radius 2 is 1.59 bits per heavy atom. The minimum Gasteiger partial charge on any atom is -0.345 e. The van der Waals surface area contributed by atoms with Gasteiger partial charge in [0.2, 0.25) is 0 Å². The van der Waals surface area contributed by atoms with Crippen LogP contribution in [0.5, 0.6) is 0 Å². The van der Waals surface area contributed by atoms with Gasteiger partial charge in [-0.1, -0.05) is 48.5 Å². The summed E-state index contributed by atoms with van der Waals surface area (Å²) in [6.07, 6.45) is 0. The number of hydrogen-bond donors (Lipinski definition) is 0. The van der Waals surface area contributed by atoms with Crippen LogP contribution in [0.25, 0.3) is 37.8 Å². The van der Waals surface area contributed by atoms with E-state index in [4.69, 9.17) is 6.57 Å². The van der Waals surface area contributed by atoms with E-state index in [-0.39, 0.29) is 0 Å². The zero-order chi connectivity index (χ0) is 15.1. The fourth-order valence-corrected chi connectivity index (χ4v) is 3.08. The molecule has 0 saturated heterocycles. The van der Waals surface area contributed by atoms with Crippen molar-refractivity contribution in [1.82, 2.24) is 4.57 Å². The molecule has 0 N–H and O–H groups in total. The smallest absolute Gasteiger partial charge is 0.189 e. The molecule has 2 heteroatoms. The fraction of sp³-hybridized carbons (Fsp3) is 0.0500. The third-order valence-corrected chi connectivity index (χ3v) is 4.23. The monoisotopic (exact) mass is 282 g/mol. The minimum atomic E-state index is 0.682. The maximum absolute atomic E-state index is 7.19. The van der Waals surface area contributed by atoms with Crippen molar-refractivity contribution in [3.05, 3.63) is 78.1 Å². The van der Waals surface area contributed by atoms with E-state index in [0.717, 1.165) is 5.52 Å². The van der Waals surface area contributed by atoms with Gasteiger partial charge in [-0.15, -0.1) is 0 Å². The molecule has 3 aromatic carbocycles. The van der Waals surface area contributed by atoms with Gasteiger partial charge in [-0.25, -0.2) is 4.85 Å². The summed E-state index contributed by atoms with van der Waals surface area (Å²) in [5.41, 5.74) is 5.42. The standard InChI is InChI=1S/C20H14N2/c1-21-16-9-10-17-18-12-15(14-6-4-3-5-7-14)8-11-19(18)22(2)20(17)13-16/h3-13H,2H3. The first kappa shape index (κ1) is 12.7. The molecule has 1 heterocycles. The van der Waals surface area contributed by atoms with Crippen LogP contribution >= 0.6 is 0 Å². The Bertz CT molecular complexity index is 1030. The van der Waals surface area contributed by atoms with Crippen molar-refractivity contribution in [2.45, 2.75) is 0 Å². The Kier molecular flexibility index (Phi) is 2.74. The number of aryl methyl sites for hydroxylation is 1.